The third-order valence-corrected chi connectivity index (χ3v) is 2.71. The Hall–Kier alpha value is -1.63. The van der Waals surface area contributed by atoms with Crippen LogP contribution in [0, 0.1) is 17.0 Å². The van der Waals surface area contributed by atoms with Crippen LogP contribution in [0.15, 0.2) is 0 Å². The van der Waals surface area contributed by atoms with Gasteiger partial charge in [-0.3, -0.25) is 10.1 Å². The zero-order chi connectivity index (χ0) is 13.4. The Morgan fingerprint density at radius 3 is 2.47 bits per heavy atom. The molecule has 0 aliphatic carbocycles. The molecule has 0 aliphatic rings. The van der Waals surface area contributed by atoms with Crippen molar-refractivity contribution >= 4 is 23.3 Å². The Kier molecular flexibility index (Phi) is 3.42. The van der Waals surface area contributed by atoms with Crippen LogP contribution in [0.4, 0.5) is 5.69 Å². The lowest BCUT2D eigenvalue weighted by molar-refractivity contribution is -0.385. The number of halogens is 1. The van der Waals surface area contributed by atoms with E-state index in [9.17, 15) is 14.9 Å². The van der Waals surface area contributed by atoms with Crippen molar-refractivity contribution in [1.82, 2.24) is 9.78 Å². The van der Waals surface area contributed by atoms with Crippen LogP contribution in [0.5, 0.6) is 0 Å². The maximum Gasteiger partial charge on any atom is 0.333 e. The minimum absolute atomic E-state index is 0.150. The monoisotopic (exact) mass is 261 g/mol. The summed E-state index contributed by atoms with van der Waals surface area (Å²) in [7, 11) is 1.22. The second-order valence-corrected chi connectivity index (χ2v) is 4.30. The number of nitro groups is 1. The zero-order valence-electron chi connectivity index (χ0n) is 9.85. The highest BCUT2D eigenvalue weighted by Gasteiger charge is 2.37. The van der Waals surface area contributed by atoms with Gasteiger partial charge in [0.05, 0.1) is 12.0 Å². The molecule has 1 rings (SSSR count). The number of rotatable bonds is 3. The van der Waals surface area contributed by atoms with Crippen molar-refractivity contribution < 1.29 is 14.5 Å². The number of aromatic nitrogens is 2. The molecule has 0 saturated carbocycles. The van der Waals surface area contributed by atoms with Crippen molar-refractivity contribution in [3.63, 3.8) is 0 Å². The molecule has 0 bridgehead atoms. The van der Waals surface area contributed by atoms with Crippen molar-refractivity contribution in [2.45, 2.75) is 26.3 Å². The molecule has 0 atom stereocenters. The van der Waals surface area contributed by atoms with Gasteiger partial charge in [0.15, 0.2) is 5.54 Å². The summed E-state index contributed by atoms with van der Waals surface area (Å²) in [6.07, 6.45) is 0. The Balaban J connectivity index is 3.39. The van der Waals surface area contributed by atoms with Crippen LogP contribution in [0.3, 0.4) is 0 Å². The normalized spacial score (nSPS) is 11.4. The second-order valence-electron chi connectivity index (χ2n) is 3.94. The van der Waals surface area contributed by atoms with Gasteiger partial charge >= 0.3 is 11.7 Å². The second kappa shape index (κ2) is 4.33. The highest BCUT2D eigenvalue weighted by molar-refractivity contribution is 6.31. The smallest absolute Gasteiger partial charge is 0.333 e. The van der Waals surface area contributed by atoms with Crippen molar-refractivity contribution in [1.29, 1.82) is 0 Å². The quantitative estimate of drug-likeness (QED) is 0.469. The molecule has 0 aliphatic heterocycles. The van der Waals surface area contributed by atoms with Crippen LogP contribution in [-0.4, -0.2) is 27.8 Å². The lowest BCUT2D eigenvalue weighted by Crippen LogP contribution is -2.37. The van der Waals surface area contributed by atoms with Gasteiger partial charge in [0.1, 0.15) is 5.69 Å². The molecule has 1 heterocycles. The van der Waals surface area contributed by atoms with Gasteiger partial charge in [-0.25, -0.2) is 9.48 Å². The number of methoxy groups -OCH3 is 1. The van der Waals surface area contributed by atoms with E-state index in [1.54, 1.807) is 0 Å². The number of hydrogen-bond donors (Lipinski definition) is 0. The Morgan fingerprint density at radius 1 is 1.59 bits per heavy atom. The maximum atomic E-state index is 11.6. The predicted molar refractivity (Wildman–Crippen MR) is 60.0 cm³/mol. The van der Waals surface area contributed by atoms with E-state index in [1.165, 1.54) is 27.9 Å². The molecule has 7 nitrogen and oxygen atoms in total. The zero-order valence-corrected chi connectivity index (χ0v) is 10.6. The number of hydrogen-bond acceptors (Lipinski definition) is 5. The molecule has 0 unspecified atom stereocenters. The number of carbonyl (C=O) groups excluding carboxylic acids is 1. The number of carbonyl (C=O) groups is 1. The summed E-state index contributed by atoms with van der Waals surface area (Å²) in [6.45, 7) is 4.48. The largest absolute Gasteiger partial charge is 0.467 e. The van der Waals surface area contributed by atoms with Gasteiger partial charge in [0.2, 0.25) is 5.15 Å². The van der Waals surface area contributed by atoms with E-state index in [0.717, 1.165) is 4.68 Å². The van der Waals surface area contributed by atoms with Gasteiger partial charge in [-0.2, -0.15) is 5.10 Å². The third-order valence-electron chi connectivity index (χ3n) is 2.37. The number of esters is 1. The van der Waals surface area contributed by atoms with Crippen LogP contribution >= 0.6 is 11.6 Å². The summed E-state index contributed by atoms with van der Waals surface area (Å²) in [5, 5.41) is 14.5. The SMILES string of the molecule is COC(=O)C(C)(C)n1nc(C)c([N+](=O)[O-])c1Cl. The van der Waals surface area contributed by atoms with Gasteiger partial charge in [-0.15, -0.1) is 0 Å². The molecule has 17 heavy (non-hydrogen) atoms. The van der Waals surface area contributed by atoms with Crippen molar-refractivity contribution in [2.75, 3.05) is 7.11 Å². The molecular formula is C9H12ClN3O4. The molecule has 0 spiro atoms. The number of nitrogens with zero attached hydrogens (tertiary/aromatic N) is 3. The van der Waals surface area contributed by atoms with E-state index < -0.39 is 16.4 Å². The van der Waals surface area contributed by atoms with Gasteiger partial charge in [0.25, 0.3) is 0 Å². The van der Waals surface area contributed by atoms with Crippen LogP contribution in [-0.2, 0) is 15.1 Å². The van der Waals surface area contributed by atoms with Gasteiger partial charge in [0, 0.05) is 0 Å². The summed E-state index contributed by atoms with van der Waals surface area (Å²) in [6, 6.07) is 0. The fraction of sp³-hybridized carbons (Fsp3) is 0.556. The average Bonchev–Trinajstić information content (AvgIpc) is 2.53. The highest BCUT2D eigenvalue weighted by atomic mass is 35.5. The summed E-state index contributed by atoms with van der Waals surface area (Å²) in [4.78, 5) is 21.7. The van der Waals surface area contributed by atoms with Gasteiger partial charge in [-0.05, 0) is 20.8 Å². The lowest BCUT2D eigenvalue weighted by atomic mass is 10.1. The number of aryl methyl sites for hydroxylation is 1. The van der Waals surface area contributed by atoms with Crippen molar-refractivity contribution in [3.05, 3.63) is 21.0 Å². The Bertz CT molecular complexity index is 481. The predicted octanol–water partition coefficient (Wildman–Crippen LogP) is 1.66. The molecule has 8 heteroatoms. The first-order chi connectivity index (χ1) is 7.73. The minimum Gasteiger partial charge on any atom is -0.467 e. The first-order valence-corrected chi connectivity index (χ1v) is 5.09. The van der Waals surface area contributed by atoms with E-state index in [2.05, 4.69) is 9.84 Å². The van der Waals surface area contributed by atoms with E-state index >= 15 is 0 Å². The van der Waals surface area contributed by atoms with E-state index in [4.69, 9.17) is 11.6 Å². The molecule has 0 radical (unpaired) electrons. The minimum atomic E-state index is -1.20. The van der Waals surface area contributed by atoms with Gasteiger partial charge in [-0.1, -0.05) is 11.6 Å². The van der Waals surface area contributed by atoms with Crippen LogP contribution in [0.2, 0.25) is 5.15 Å². The fourth-order valence-corrected chi connectivity index (χ4v) is 1.86. The van der Waals surface area contributed by atoms with Crippen molar-refractivity contribution in [3.8, 4) is 0 Å². The molecule has 0 amide bonds. The van der Waals surface area contributed by atoms with Gasteiger partial charge < -0.3 is 4.74 Å². The van der Waals surface area contributed by atoms with Crippen LogP contribution in [0.1, 0.15) is 19.5 Å². The fourth-order valence-electron chi connectivity index (χ4n) is 1.40. The topological polar surface area (TPSA) is 87.3 Å². The standard InChI is InChI=1S/C9H12ClN3O4/c1-5-6(13(15)16)7(10)12(11-5)9(2,3)8(14)17-4/h1-4H3. The molecule has 0 N–H and O–H groups in total. The Labute approximate surface area is 102 Å². The van der Waals surface area contributed by atoms with E-state index in [0.29, 0.717) is 0 Å². The Morgan fingerprint density at radius 2 is 2.12 bits per heavy atom. The summed E-state index contributed by atoms with van der Waals surface area (Å²) < 4.78 is 5.70. The van der Waals surface area contributed by atoms with Crippen molar-refractivity contribution in [2.24, 2.45) is 0 Å². The van der Waals surface area contributed by atoms with E-state index in [1.807, 2.05) is 0 Å². The third kappa shape index (κ3) is 2.10. The van der Waals surface area contributed by atoms with Crippen LogP contribution < -0.4 is 0 Å². The number of ether oxygens (including phenoxy) is 1. The molecule has 1 aromatic rings. The molecule has 0 aromatic carbocycles. The summed E-state index contributed by atoms with van der Waals surface area (Å²) in [5.41, 5.74) is -1.36. The molecule has 94 valence electrons. The molecule has 0 saturated heterocycles. The van der Waals surface area contributed by atoms with Crippen LogP contribution in [0.25, 0.3) is 0 Å². The van der Waals surface area contributed by atoms with E-state index in [-0.39, 0.29) is 16.5 Å². The average molecular weight is 262 g/mol. The lowest BCUT2D eigenvalue weighted by Gasteiger charge is -2.22. The molecular weight excluding hydrogens is 250 g/mol. The molecule has 1 aromatic heterocycles. The first-order valence-electron chi connectivity index (χ1n) is 4.72. The maximum absolute atomic E-state index is 11.6. The first kappa shape index (κ1) is 13.4. The summed E-state index contributed by atoms with van der Waals surface area (Å²) in [5.74, 6) is -0.586. The molecule has 0 fully saturated rings. The summed E-state index contributed by atoms with van der Waals surface area (Å²) >= 11 is 5.86. The highest BCUT2D eigenvalue weighted by Crippen LogP contribution is 2.32.